The summed E-state index contributed by atoms with van der Waals surface area (Å²) in [6.45, 7) is 5.56. The van der Waals surface area contributed by atoms with Crippen LogP contribution in [0.4, 0.5) is 16.2 Å². The van der Waals surface area contributed by atoms with E-state index in [1.807, 2.05) is 38.2 Å². The molecule has 230 valence electrons. The van der Waals surface area contributed by atoms with Crippen LogP contribution >= 0.6 is 0 Å². The van der Waals surface area contributed by atoms with Gasteiger partial charge in [-0.15, -0.1) is 0 Å². The number of benzene rings is 3. The van der Waals surface area contributed by atoms with Crippen LogP contribution in [0.5, 0.6) is 17.2 Å². The van der Waals surface area contributed by atoms with E-state index in [1.54, 1.807) is 61.6 Å². The number of aliphatic hydroxyl groups excluding tert-OH is 1. The third kappa shape index (κ3) is 8.62. The molecule has 3 atom stereocenters. The Hall–Kier alpha value is -4.28. The molecule has 1 aliphatic heterocycles. The maximum atomic E-state index is 13.5. The van der Waals surface area contributed by atoms with Crippen LogP contribution in [0.2, 0.25) is 0 Å². The highest BCUT2D eigenvalue weighted by atomic mass is 16.5. The zero-order valence-electron chi connectivity index (χ0n) is 25.5. The number of likely N-dealkylation sites (N-methyl/N-ethyl adjacent to an activating group) is 1. The van der Waals surface area contributed by atoms with Crippen LogP contribution in [0.3, 0.4) is 0 Å². The summed E-state index contributed by atoms with van der Waals surface area (Å²) < 4.78 is 17.1. The average molecular weight is 591 g/mol. The first kappa shape index (κ1) is 31.7. The maximum absolute atomic E-state index is 13.5. The SMILES string of the molecule is COc1ccc(CN(C)C[C@H]2Oc3ccc(NC(=O)Nc4ccc(OC)cc4)cc3CC(=O)N([C@@H](C)CO)C[C@H]2C)cc1. The largest absolute Gasteiger partial charge is 0.497 e. The molecule has 10 heteroatoms. The predicted octanol–water partition coefficient (Wildman–Crippen LogP) is 4.63. The number of nitrogens with one attached hydrogen (secondary N) is 2. The van der Waals surface area contributed by atoms with Gasteiger partial charge in [-0.1, -0.05) is 19.1 Å². The highest BCUT2D eigenvalue weighted by Crippen LogP contribution is 2.29. The van der Waals surface area contributed by atoms with Crippen molar-refractivity contribution in [3.05, 3.63) is 77.9 Å². The molecule has 1 aliphatic rings. The molecule has 0 radical (unpaired) electrons. The standard InChI is InChI=1S/C33H42N4O6/c1-22-18-37(23(2)21-38)32(39)17-25-16-27(35-33(40)34-26-8-13-29(42-5)14-9-26)10-15-30(25)43-31(22)20-36(3)19-24-6-11-28(41-4)12-7-24/h6-16,22-23,31,38H,17-21H2,1-5H3,(H2,34,35,40)/t22-,23+,31-/m1/s1. The molecule has 3 N–H and O–H groups in total. The van der Waals surface area contributed by atoms with Crippen LogP contribution in [0, 0.1) is 5.92 Å². The van der Waals surface area contributed by atoms with E-state index in [0.717, 1.165) is 11.3 Å². The molecule has 10 nitrogen and oxygen atoms in total. The first-order chi connectivity index (χ1) is 20.7. The lowest BCUT2D eigenvalue weighted by Crippen LogP contribution is -2.47. The van der Waals surface area contributed by atoms with Gasteiger partial charge < -0.3 is 34.9 Å². The van der Waals surface area contributed by atoms with Gasteiger partial charge in [-0.25, -0.2) is 4.79 Å². The fourth-order valence-corrected chi connectivity index (χ4v) is 5.11. The molecule has 3 amide bonds. The van der Waals surface area contributed by atoms with Crippen molar-refractivity contribution >= 4 is 23.3 Å². The Kier molecular flexibility index (Phi) is 10.9. The van der Waals surface area contributed by atoms with Gasteiger partial charge in [0, 0.05) is 42.5 Å². The summed E-state index contributed by atoms with van der Waals surface area (Å²) in [7, 11) is 5.28. The van der Waals surface area contributed by atoms with Crippen molar-refractivity contribution in [3.8, 4) is 17.2 Å². The zero-order chi connectivity index (χ0) is 30.9. The van der Waals surface area contributed by atoms with E-state index >= 15 is 0 Å². The molecule has 0 saturated heterocycles. The Morgan fingerprint density at radius 2 is 1.63 bits per heavy atom. The van der Waals surface area contributed by atoms with Crippen molar-refractivity contribution < 1.29 is 28.9 Å². The van der Waals surface area contributed by atoms with Crippen molar-refractivity contribution in [3.63, 3.8) is 0 Å². The van der Waals surface area contributed by atoms with Crippen molar-refractivity contribution in [2.45, 2.75) is 39.0 Å². The number of aliphatic hydroxyl groups is 1. The van der Waals surface area contributed by atoms with Crippen LogP contribution in [0.15, 0.2) is 66.7 Å². The lowest BCUT2D eigenvalue weighted by Gasteiger charge is -2.34. The highest BCUT2D eigenvalue weighted by molar-refractivity contribution is 6.00. The number of hydrogen-bond donors (Lipinski definition) is 3. The Labute approximate surface area is 253 Å². The number of fused-ring (bicyclic) bond motifs is 1. The Bertz CT molecular complexity index is 1360. The molecule has 0 saturated carbocycles. The normalized spacial score (nSPS) is 17.6. The number of anilines is 2. The molecule has 0 aliphatic carbocycles. The monoisotopic (exact) mass is 590 g/mol. The molecule has 1 heterocycles. The molecule has 0 unspecified atom stereocenters. The van der Waals surface area contributed by atoms with E-state index < -0.39 is 6.03 Å². The van der Waals surface area contributed by atoms with Gasteiger partial charge in [-0.3, -0.25) is 9.69 Å². The third-order valence-electron chi connectivity index (χ3n) is 7.63. The minimum Gasteiger partial charge on any atom is -0.497 e. The first-order valence-electron chi connectivity index (χ1n) is 14.4. The summed E-state index contributed by atoms with van der Waals surface area (Å²) in [6, 6.07) is 19.6. The van der Waals surface area contributed by atoms with E-state index in [2.05, 4.69) is 22.5 Å². The Balaban J connectivity index is 1.53. The third-order valence-corrected chi connectivity index (χ3v) is 7.63. The first-order valence-corrected chi connectivity index (χ1v) is 14.4. The zero-order valence-corrected chi connectivity index (χ0v) is 25.5. The number of carbonyl (C=O) groups excluding carboxylic acids is 2. The smallest absolute Gasteiger partial charge is 0.323 e. The molecule has 4 rings (SSSR count). The molecule has 0 fully saturated rings. The van der Waals surface area contributed by atoms with Gasteiger partial charge in [-0.05, 0) is 74.1 Å². The average Bonchev–Trinajstić information content (AvgIpc) is 3.04. The molecule has 0 aromatic heterocycles. The van der Waals surface area contributed by atoms with Gasteiger partial charge in [0.2, 0.25) is 5.91 Å². The van der Waals surface area contributed by atoms with Crippen LogP contribution in [-0.2, 0) is 17.8 Å². The van der Waals surface area contributed by atoms with E-state index in [4.69, 9.17) is 14.2 Å². The van der Waals surface area contributed by atoms with E-state index in [-0.39, 0.29) is 37.0 Å². The lowest BCUT2D eigenvalue weighted by atomic mass is 10.0. The number of methoxy groups -OCH3 is 2. The lowest BCUT2D eigenvalue weighted by molar-refractivity contribution is -0.134. The van der Waals surface area contributed by atoms with Crippen molar-refractivity contribution in [2.24, 2.45) is 5.92 Å². The Morgan fingerprint density at radius 1 is 1.02 bits per heavy atom. The van der Waals surface area contributed by atoms with Gasteiger partial charge in [0.05, 0.1) is 33.3 Å². The van der Waals surface area contributed by atoms with Gasteiger partial charge in [0.1, 0.15) is 23.4 Å². The van der Waals surface area contributed by atoms with E-state index in [9.17, 15) is 14.7 Å². The maximum Gasteiger partial charge on any atom is 0.323 e. The summed E-state index contributed by atoms with van der Waals surface area (Å²) >= 11 is 0. The second-order valence-electron chi connectivity index (χ2n) is 11.1. The second kappa shape index (κ2) is 14.8. The molecule has 3 aromatic rings. The molecular weight excluding hydrogens is 548 g/mol. The van der Waals surface area contributed by atoms with Crippen molar-refractivity contribution in [2.75, 3.05) is 51.6 Å². The van der Waals surface area contributed by atoms with Gasteiger partial charge in [-0.2, -0.15) is 0 Å². The number of carbonyl (C=O) groups is 2. The molecule has 3 aromatic carbocycles. The summed E-state index contributed by atoms with van der Waals surface area (Å²) in [4.78, 5) is 30.2. The fourth-order valence-electron chi connectivity index (χ4n) is 5.11. The quantitative estimate of drug-likeness (QED) is 0.316. The molecule has 0 bridgehead atoms. The number of urea groups is 1. The van der Waals surface area contributed by atoms with Gasteiger partial charge >= 0.3 is 6.03 Å². The van der Waals surface area contributed by atoms with E-state index in [1.165, 1.54) is 0 Å². The fraction of sp³-hybridized carbons (Fsp3) is 0.394. The van der Waals surface area contributed by atoms with E-state index in [0.29, 0.717) is 48.1 Å². The number of amides is 3. The molecule has 43 heavy (non-hydrogen) atoms. The minimum absolute atomic E-state index is 0.0182. The van der Waals surface area contributed by atoms with Crippen LogP contribution < -0.4 is 24.8 Å². The van der Waals surface area contributed by atoms with Crippen LogP contribution in [0.25, 0.3) is 0 Å². The second-order valence-corrected chi connectivity index (χ2v) is 11.1. The number of rotatable bonds is 10. The van der Waals surface area contributed by atoms with Crippen molar-refractivity contribution in [1.82, 2.24) is 9.80 Å². The topological polar surface area (TPSA) is 113 Å². The summed E-state index contributed by atoms with van der Waals surface area (Å²) in [5.74, 6) is 1.98. The number of nitrogens with zero attached hydrogens (tertiary/aromatic N) is 2. The molecule has 0 spiro atoms. The van der Waals surface area contributed by atoms with Crippen molar-refractivity contribution in [1.29, 1.82) is 0 Å². The number of hydrogen-bond acceptors (Lipinski definition) is 7. The number of ether oxygens (including phenoxy) is 3. The van der Waals surface area contributed by atoms with Crippen LogP contribution in [0.1, 0.15) is 25.0 Å². The summed E-state index contributed by atoms with van der Waals surface area (Å²) in [5.41, 5.74) is 2.96. The predicted molar refractivity (Wildman–Crippen MR) is 167 cm³/mol. The van der Waals surface area contributed by atoms with Crippen LogP contribution in [-0.4, -0.2) is 80.0 Å². The molecular formula is C33H42N4O6. The van der Waals surface area contributed by atoms with Gasteiger partial charge in [0.25, 0.3) is 0 Å². The Morgan fingerprint density at radius 3 is 2.26 bits per heavy atom. The van der Waals surface area contributed by atoms with Gasteiger partial charge in [0.15, 0.2) is 0 Å². The highest BCUT2D eigenvalue weighted by Gasteiger charge is 2.31. The minimum atomic E-state index is -0.414. The summed E-state index contributed by atoms with van der Waals surface area (Å²) in [6.07, 6.45) is -0.158. The summed E-state index contributed by atoms with van der Waals surface area (Å²) in [5, 5.41) is 15.6.